The van der Waals surface area contributed by atoms with Crippen molar-refractivity contribution in [1.82, 2.24) is 0 Å². The van der Waals surface area contributed by atoms with Crippen molar-refractivity contribution in [3.05, 3.63) is 35.4 Å². The van der Waals surface area contributed by atoms with Gasteiger partial charge in [-0.2, -0.15) is 5.26 Å². The fourth-order valence-electron chi connectivity index (χ4n) is 2.45. The quantitative estimate of drug-likeness (QED) is 0.438. The molecule has 1 fully saturated rings. The SMILES string of the molecule is N#Cc1cccc(C=O)c1.NC1CCCCC1.NCCCC[C@H](N)C(=O)O. The van der Waals surface area contributed by atoms with Gasteiger partial charge in [-0.1, -0.05) is 37.8 Å². The number of carboxylic acids is 1. The molecule has 1 atom stereocenters. The average Bonchev–Trinajstić information content (AvgIpc) is 2.69. The van der Waals surface area contributed by atoms with Crippen molar-refractivity contribution in [2.24, 2.45) is 17.2 Å². The minimum atomic E-state index is -0.933. The molecule has 0 spiro atoms. The molecule has 0 heterocycles. The van der Waals surface area contributed by atoms with Crippen LogP contribution < -0.4 is 17.2 Å². The van der Waals surface area contributed by atoms with Crippen molar-refractivity contribution < 1.29 is 14.7 Å². The van der Waals surface area contributed by atoms with Gasteiger partial charge >= 0.3 is 5.97 Å². The van der Waals surface area contributed by atoms with Crippen LogP contribution in [0.5, 0.6) is 0 Å². The van der Waals surface area contributed by atoms with E-state index >= 15 is 0 Å². The molecule has 1 aliphatic rings. The van der Waals surface area contributed by atoms with Crippen LogP contribution in [0.25, 0.3) is 0 Å². The van der Waals surface area contributed by atoms with Crippen LogP contribution in [0, 0.1) is 11.3 Å². The molecule has 1 aliphatic carbocycles. The zero-order valence-corrected chi connectivity index (χ0v) is 15.8. The van der Waals surface area contributed by atoms with Gasteiger partial charge in [0.1, 0.15) is 12.3 Å². The standard InChI is InChI=1S/C8H5NO.C6H14N2O2.C6H13N/c9-5-7-2-1-3-8(4-7)6-10;7-4-2-1-3-5(8)6(9)10;7-6-4-2-1-3-5-6/h1-4,6H;5H,1-4,7-8H2,(H,9,10);6H,1-5,7H2/t;5-;/m.0./s1. The Morgan fingerprint density at radius 2 is 1.96 bits per heavy atom. The molecule has 7 nitrogen and oxygen atoms in total. The highest BCUT2D eigenvalue weighted by Crippen LogP contribution is 2.14. The van der Waals surface area contributed by atoms with E-state index in [4.69, 9.17) is 27.6 Å². The van der Waals surface area contributed by atoms with E-state index in [9.17, 15) is 9.59 Å². The number of nitrogens with zero attached hydrogens (tertiary/aromatic N) is 1. The van der Waals surface area contributed by atoms with Crippen LogP contribution in [0.2, 0.25) is 0 Å². The summed E-state index contributed by atoms with van der Waals surface area (Å²) in [7, 11) is 0. The Morgan fingerprint density at radius 1 is 1.30 bits per heavy atom. The number of unbranched alkanes of at least 4 members (excludes halogenated alkanes) is 1. The monoisotopic (exact) mass is 376 g/mol. The first kappa shape index (κ1) is 24.7. The topological polar surface area (TPSA) is 156 Å². The summed E-state index contributed by atoms with van der Waals surface area (Å²) < 4.78 is 0. The van der Waals surface area contributed by atoms with Crippen molar-refractivity contribution >= 4 is 12.3 Å². The van der Waals surface area contributed by atoms with Crippen LogP contribution in [0.3, 0.4) is 0 Å². The predicted molar refractivity (Wildman–Crippen MR) is 106 cm³/mol. The van der Waals surface area contributed by atoms with E-state index in [-0.39, 0.29) is 0 Å². The van der Waals surface area contributed by atoms with Gasteiger partial charge in [-0.25, -0.2) is 0 Å². The third-order valence-corrected chi connectivity index (χ3v) is 4.09. The molecule has 150 valence electrons. The van der Waals surface area contributed by atoms with E-state index in [1.807, 2.05) is 6.07 Å². The maximum atomic E-state index is 10.2. The van der Waals surface area contributed by atoms with Crippen LogP contribution in [0.15, 0.2) is 24.3 Å². The second-order valence-corrected chi connectivity index (χ2v) is 6.48. The van der Waals surface area contributed by atoms with Crippen molar-refractivity contribution in [3.63, 3.8) is 0 Å². The summed E-state index contributed by atoms with van der Waals surface area (Å²) in [4.78, 5) is 20.3. The molecular formula is C20H32N4O3. The normalized spacial score (nSPS) is 14.4. The predicted octanol–water partition coefficient (Wildman–Crippen LogP) is 2.18. The van der Waals surface area contributed by atoms with E-state index in [1.165, 1.54) is 32.1 Å². The minimum Gasteiger partial charge on any atom is -0.480 e. The number of benzene rings is 1. The number of carbonyl (C=O) groups is 2. The fraction of sp³-hybridized carbons (Fsp3) is 0.550. The molecule has 0 aromatic heterocycles. The van der Waals surface area contributed by atoms with Gasteiger partial charge < -0.3 is 22.3 Å². The third-order valence-electron chi connectivity index (χ3n) is 4.09. The summed E-state index contributed by atoms with van der Waals surface area (Å²) in [6.45, 7) is 0.604. The Kier molecular flexibility index (Phi) is 14.6. The molecule has 2 rings (SSSR count). The van der Waals surface area contributed by atoms with Crippen molar-refractivity contribution in [1.29, 1.82) is 5.26 Å². The number of aldehydes is 1. The summed E-state index contributed by atoms with van der Waals surface area (Å²) in [5, 5.41) is 16.7. The van der Waals surface area contributed by atoms with Gasteiger partial charge in [-0.3, -0.25) is 9.59 Å². The van der Waals surface area contributed by atoms with Gasteiger partial charge in [-0.15, -0.1) is 0 Å². The summed E-state index contributed by atoms with van der Waals surface area (Å²) >= 11 is 0. The van der Waals surface area contributed by atoms with E-state index in [0.717, 1.165) is 19.1 Å². The number of rotatable bonds is 6. The van der Waals surface area contributed by atoms with Gasteiger partial charge in [0.05, 0.1) is 11.6 Å². The number of nitrogens with two attached hydrogens (primary N) is 3. The lowest BCUT2D eigenvalue weighted by molar-refractivity contribution is -0.138. The van der Waals surface area contributed by atoms with Gasteiger partial charge in [0.25, 0.3) is 0 Å². The molecule has 1 aromatic carbocycles. The maximum absolute atomic E-state index is 10.2. The Balaban J connectivity index is 0.000000382. The van der Waals surface area contributed by atoms with E-state index < -0.39 is 12.0 Å². The molecule has 0 radical (unpaired) electrons. The lowest BCUT2D eigenvalue weighted by atomic mass is 9.97. The smallest absolute Gasteiger partial charge is 0.320 e. The zero-order valence-electron chi connectivity index (χ0n) is 15.8. The Bertz CT molecular complexity index is 581. The fourth-order valence-corrected chi connectivity index (χ4v) is 2.45. The Morgan fingerprint density at radius 3 is 2.41 bits per heavy atom. The summed E-state index contributed by atoms with van der Waals surface area (Å²) in [5.74, 6) is -0.933. The number of nitriles is 1. The summed E-state index contributed by atoms with van der Waals surface area (Å²) in [5.41, 5.74) is 17.1. The summed E-state index contributed by atoms with van der Waals surface area (Å²) in [6.07, 6.45) is 9.55. The first-order chi connectivity index (χ1) is 12.9. The van der Waals surface area contributed by atoms with Crippen molar-refractivity contribution in [2.75, 3.05) is 6.54 Å². The molecular weight excluding hydrogens is 344 g/mol. The van der Waals surface area contributed by atoms with Gasteiger partial charge in [0, 0.05) is 11.6 Å². The summed E-state index contributed by atoms with van der Waals surface area (Å²) in [6, 6.07) is 8.31. The zero-order chi connectivity index (χ0) is 20.5. The van der Waals surface area contributed by atoms with Gasteiger partial charge in [0.2, 0.25) is 0 Å². The molecule has 0 saturated heterocycles. The average molecular weight is 377 g/mol. The number of aliphatic carboxylic acids is 1. The van der Waals surface area contributed by atoms with E-state index in [0.29, 0.717) is 30.1 Å². The highest BCUT2D eigenvalue weighted by Gasteiger charge is 2.09. The molecule has 27 heavy (non-hydrogen) atoms. The largest absolute Gasteiger partial charge is 0.480 e. The second-order valence-electron chi connectivity index (χ2n) is 6.48. The van der Waals surface area contributed by atoms with E-state index in [1.54, 1.807) is 24.3 Å². The Hall–Kier alpha value is -2.27. The number of carbonyl (C=O) groups excluding carboxylic acids is 1. The van der Waals surface area contributed by atoms with Crippen molar-refractivity contribution in [2.45, 2.75) is 63.5 Å². The lowest BCUT2D eigenvalue weighted by Gasteiger charge is -2.15. The number of hydrogen-bond donors (Lipinski definition) is 4. The molecule has 0 unspecified atom stereocenters. The molecule has 0 aliphatic heterocycles. The number of hydrogen-bond acceptors (Lipinski definition) is 6. The van der Waals surface area contributed by atoms with Gasteiger partial charge in [0.15, 0.2) is 0 Å². The van der Waals surface area contributed by atoms with Crippen LogP contribution in [0.1, 0.15) is 67.3 Å². The van der Waals surface area contributed by atoms with Crippen LogP contribution in [0.4, 0.5) is 0 Å². The lowest BCUT2D eigenvalue weighted by Crippen LogP contribution is -2.29. The first-order valence-electron chi connectivity index (χ1n) is 9.34. The van der Waals surface area contributed by atoms with Crippen LogP contribution >= 0.6 is 0 Å². The maximum Gasteiger partial charge on any atom is 0.320 e. The second kappa shape index (κ2) is 15.9. The highest BCUT2D eigenvalue weighted by molar-refractivity contribution is 5.75. The van der Waals surface area contributed by atoms with Crippen LogP contribution in [-0.4, -0.2) is 36.0 Å². The van der Waals surface area contributed by atoms with Crippen molar-refractivity contribution in [3.8, 4) is 6.07 Å². The van der Waals surface area contributed by atoms with E-state index in [2.05, 4.69) is 0 Å². The Labute approximate surface area is 161 Å². The molecule has 1 saturated carbocycles. The third kappa shape index (κ3) is 13.6. The highest BCUT2D eigenvalue weighted by atomic mass is 16.4. The number of carboxylic acid groups (broad SMARTS) is 1. The molecule has 0 bridgehead atoms. The molecule has 1 aromatic rings. The molecule has 7 N–H and O–H groups in total. The molecule has 0 amide bonds. The first-order valence-corrected chi connectivity index (χ1v) is 9.34. The van der Waals surface area contributed by atoms with Crippen LogP contribution in [-0.2, 0) is 4.79 Å². The van der Waals surface area contributed by atoms with Gasteiger partial charge in [-0.05, 0) is 44.4 Å². The molecule has 7 heteroatoms. The minimum absolute atomic E-state index is 0.518.